The van der Waals surface area contributed by atoms with Crippen molar-refractivity contribution in [1.82, 2.24) is 10.3 Å². The van der Waals surface area contributed by atoms with Crippen LogP contribution in [0.1, 0.15) is 55.6 Å². The van der Waals surface area contributed by atoms with Gasteiger partial charge in [0.2, 0.25) is 0 Å². The summed E-state index contributed by atoms with van der Waals surface area (Å²) in [5.41, 5.74) is 4.27. The first kappa shape index (κ1) is 14.8. The lowest BCUT2D eigenvalue weighted by molar-refractivity contribution is 0.0909. The zero-order valence-electron chi connectivity index (χ0n) is 12.5. The minimum atomic E-state index is -0.0447. The topological polar surface area (TPSA) is 80.0 Å². The van der Waals surface area contributed by atoms with Gasteiger partial charge in [-0.3, -0.25) is 4.79 Å². The summed E-state index contributed by atoms with van der Waals surface area (Å²) >= 11 is 0. The van der Waals surface area contributed by atoms with Crippen LogP contribution >= 0.6 is 0 Å². The molecule has 1 amide bonds. The molecule has 1 aliphatic rings. The Kier molecular flexibility index (Phi) is 4.28. The van der Waals surface area contributed by atoms with E-state index in [1.165, 1.54) is 0 Å². The summed E-state index contributed by atoms with van der Waals surface area (Å²) in [5, 5.41) is 3.12. The molecule has 4 N–H and O–H groups in total. The molecule has 1 aromatic heterocycles. The van der Waals surface area contributed by atoms with E-state index in [1.54, 1.807) is 12.1 Å². The number of nitrogen functional groups attached to an aromatic ring is 1. The number of amides is 1. The molecule has 0 bridgehead atoms. The fourth-order valence-corrected chi connectivity index (χ4v) is 2.69. The second-order valence-electron chi connectivity index (χ2n) is 6.44. The summed E-state index contributed by atoms with van der Waals surface area (Å²) in [7, 11) is 0. The Hall–Kier alpha value is -1.62. The summed E-state index contributed by atoms with van der Waals surface area (Å²) in [4.78, 5) is 16.5. The summed E-state index contributed by atoms with van der Waals surface area (Å²) in [5.74, 6) is 5.83. The molecule has 5 heteroatoms. The SMILES string of the molecule is Cc1cc(C(=O)NC2CCC(C)(C)CC2)cc(NN)n1. The predicted octanol–water partition coefficient (Wildman–Crippen LogP) is 2.37. The Bertz CT molecular complexity index is 489. The van der Waals surface area contributed by atoms with Crippen LogP contribution in [0.25, 0.3) is 0 Å². The molecule has 1 aromatic rings. The minimum absolute atomic E-state index is 0.0447. The van der Waals surface area contributed by atoms with E-state index in [2.05, 4.69) is 29.6 Å². The van der Waals surface area contributed by atoms with Crippen molar-refractivity contribution in [3.05, 3.63) is 23.4 Å². The normalized spacial score (nSPS) is 18.6. The number of nitrogens with zero attached hydrogens (tertiary/aromatic N) is 1. The number of hydrogen-bond acceptors (Lipinski definition) is 4. The molecule has 5 nitrogen and oxygen atoms in total. The molecule has 0 atom stereocenters. The first-order valence-corrected chi connectivity index (χ1v) is 7.16. The average molecular weight is 276 g/mol. The number of rotatable bonds is 3. The zero-order valence-corrected chi connectivity index (χ0v) is 12.5. The maximum Gasteiger partial charge on any atom is 0.251 e. The van der Waals surface area contributed by atoms with Crippen LogP contribution in [0.15, 0.2) is 12.1 Å². The van der Waals surface area contributed by atoms with Gasteiger partial charge in [0.15, 0.2) is 0 Å². The van der Waals surface area contributed by atoms with Crippen molar-refractivity contribution in [2.75, 3.05) is 5.43 Å². The third-order valence-corrected chi connectivity index (χ3v) is 4.04. The smallest absolute Gasteiger partial charge is 0.251 e. The van der Waals surface area contributed by atoms with Gasteiger partial charge in [0.05, 0.1) is 0 Å². The van der Waals surface area contributed by atoms with Crippen LogP contribution in [-0.2, 0) is 0 Å². The Morgan fingerprint density at radius 1 is 1.35 bits per heavy atom. The highest BCUT2D eigenvalue weighted by Gasteiger charge is 2.27. The summed E-state index contributed by atoms with van der Waals surface area (Å²) in [6, 6.07) is 3.73. The number of anilines is 1. The van der Waals surface area contributed by atoms with Crippen molar-refractivity contribution in [3.63, 3.8) is 0 Å². The second kappa shape index (κ2) is 5.79. The van der Waals surface area contributed by atoms with E-state index in [1.807, 2.05) is 6.92 Å². The van der Waals surface area contributed by atoms with Gasteiger partial charge in [-0.15, -0.1) is 0 Å². The first-order chi connectivity index (χ1) is 9.39. The number of carbonyl (C=O) groups is 1. The Labute approximate surface area is 120 Å². The molecule has 0 radical (unpaired) electrons. The van der Waals surface area contributed by atoms with E-state index in [0.29, 0.717) is 16.8 Å². The first-order valence-electron chi connectivity index (χ1n) is 7.16. The largest absolute Gasteiger partial charge is 0.349 e. The third-order valence-electron chi connectivity index (χ3n) is 4.04. The van der Waals surface area contributed by atoms with Crippen LogP contribution in [0.5, 0.6) is 0 Å². The average Bonchev–Trinajstić information content (AvgIpc) is 2.40. The molecule has 0 saturated heterocycles. The molecule has 2 rings (SSSR count). The second-order valence-corrected chi connectivity index (χ2v) is 6.44. The summed E-state index contributed by atoms with van der Waals surface area (Å²) in [6.45, 7) is 6.42. The fourth-order valence-electron chi connectivity index (χ4n) is 2.69. The molecular formula is C15H24N4O. The van der Waals surface area contributed by atoms with Gasteiger partial charge < -0.3 is 10.7 Å². The monoisotopic (exact) mass is 276 g/mol. The number of aromatic nitrogens is 1. The molecule has 0 aromatic carbocycles. The van der Waals surface area contributed by atoms with Crippen LogP contribution in [-0.4, -0.2) is 16.9 Å². The van der Waals surface area contributed by atoms with Gasteiger partial charge in [-0.05, 0) is 50.2 Å². The van der Waals surface area contributed by atoms with Crippen LogP contribution in [0, 0.1) is 12.3 Å². The Morgan fingerprint density at radius 3 is 2.60 bits per heavy atom. The lowest BCUT2D eigenvalue weighted by Crippen LogP contribution is -2.39. The molecule has 0 spiro atoms. The highest BCUT2D eigenvalue weighted by molar-refractivity contribution is 5.95. The van der Waals surface area contributed by atoms with E-state index < -0.39 is 0 Å². The summed E-state index contributed by atoms with van der Waals surface area (Å²) in [6.07, 6.45) is 4.40. The number of hydrazine groups is 1. The van der Waals surface area contributed by atoms with Gasteiger partial charge in [0.25, 0.3) is 5.91 Å². The minimum Gasteiger partial charge on any atom is -0.349 e. The number of nitrogens with two attached hydrogens (primary N) is 1. The standard InChI is InChI=1S/C15H24N4O/c1-10-8-11(9-13(17-10)19-16)14(20)18-12-4-6-15(2,3)7-5-12/h8-9,12H,4-7,16H2,1-3H3,(H,17,19)(H,18,20). The predicted molar refractivity (Wildman–Crippen MR) is 80.3 cm³/mol. The highest BCUT2D eigenvalue weighted by Crippen LogP contribution is 2.35. The fraction of sp³-hybridized carbons (Fsp3) is 0.600. The van der Waals surface area contributed by atoms with Crippen LogP contribution in [0.4, 0.5) is 5.82 Å². The lowest BCUT2D eigenvalue weighted by Gasteiger charge is -2.34. The zero-order chi connectivity index (χ0) is 14.8. The van der Waals surface area contributed by atoms with Crippen LogP contribution < -0.4 is 16.6 Å². The highest BCUT2D eigenvalue weighted by atomic mass is 16.1. The number of nitrogens with one attached hydrogen (secondary N) is 2. The molecule has 110 valence electrons. The van der Waals surface area contributed by atoms with Gasteiger partial charge in [-0.25, -0.2) is 10.8 Å². The summed E-state index contributed by atoms with van der Waals surface area (Å²) < 4.78 is 0. The van der Waals surface area contributed by atoms with E-state index in [-0.39, 0.29) is 11.9 Å². The maximum atomic E-state index is 12.3. The third kappa shape index (κ3) is 3.70. The lowest BCUT2D eigenvalue weighted by atomic mass is 9.75. The number of hydrogen-bond donors (Lipinski definition) is 3. The molecular weight excluding hydrogens is 252 g/mol. The van der Waals surface area contributed by atoms with Gasteiger partial charge >= 0.3 is 0 Å². The van der Waals surface area contributed by atoms with Crippen molar-refractivity contribution in [1.29, 1.82) is 0 Å². The molecule has 0 unspecified atom stereocenters. The van der Waals surface area contributed by atoms with E-state index in [0.717, 1.165) is 31.4 Å². The van der Waals surface area contributed by atoms with Gasteiger partial charge in [0, 0.05) is 17.3 Å². The van der Waals surface area contributed by atoms with Crippen LogP contribution in [0.3, 0.4) is 0 Å². The van der Waals surface area contributed by atoms with Gasteiger partial charge in [0.1, 0.15) is 5.82 Å². The van der Waals surface area contributed by atoms with Crippen molar-refractivity contribution < 1.29 is 4.79 Å². The number of pyridine rings is 1. The molecule has 1 aliphatic carbocycles. The Balaban J connectivity index is 2.00. The van der Waals surface area contributed by atoms with Gasteiger partial charge in [-0.1, -0.05) is 13.8 Å². The van der Waals surface area contributed by atoms with E-state index in [9.17, 15) is 4.79 Å². The molecule has 1 saturated carbocycles. The van der Waals surface area contributed by atoms with Crippen molar-refractivity contribution in [2.24, 2.45) is 11.3 Å². The number of carbonyl (C=O) groups excluding carboxylic acids is 1. The molecule has 0 aliphatic heterocycles. The van der Waals surface area contributed by atoms with Crippen molar-refractivity contribution >= 4 is 11.7 Å². The van der Waals surface area contributed by atoms with Crippen molar-refractivity contribution in [3.8, 4) is 0 Å². The number of aryl methyl sites for hydroxylation is 1. The quantitative estimate of drug-likeness (QED) is 0.585. The van der Waals surface area contributed by atoms with Crippen molar-refractivity contribution in [2.45, 2.75) is 52.5 Å². The Morgan fingerprint density at radius 2 is 2.00 bits per heavy atom. The molecule has 20 heavy (non-hydrogen) atoms. The van der Waals surface area contributed by atoms with Gasteiger partial charge in [-0.2, -0.15) is 0 Å². The van der Waals surface area contributed by atoms with Crippen LogP contribution in [0.2, 0.25) is 0 Å². The van der Waals surface area contributed by atoms with E-state index in [4.69, 9.17) is 5.84 Å². The maximum absolute atomic E-state index is 12.3. The van der Waals surface area contributed by atoms with E-state index >= 15 is 0 Å². The molecule has 1 fully saturated rings. The molecule has 1 heterocycles.